The molecule has 0 aliphatic heterocycles. The molecule has 0 saturated heterocycles. The maximum atomic E-state index is 12.2. The second kappa shape index (κ2) is 5.66. The Labute approximate surface area is 126 Å². The molecule has 0 aliphatic rings. The number of rotatable bonds is 3. The van der Waals surface area contributed by atoms with E-state index in [4.69, 9.17) is 10.00 Å². The molecule has 2 aromatic carbocycles. The molecule has 1 aromatic heterocycles. The van der Waals surface area contributed by atoms with Gasteiger partial charge in [-0.25, -0.2) is 9.48 Å². The molecular formula is C16H12N4O2. The van der Waals surface area contributed by atoms with E-state index >= 15 is 0 Å². The van der Waals surface area contributed by atoms with E-state index in [1.807, 2.05) is 13.0 Å². The largest absolute Gasteiger partial charge is 0.422 e. The van der Waals surface area contributed by atoms with Gasteiger partial charge in [0.2, 0.25) is 0 Å². The Morgan fingerprint density at radius 3 is 2.91 bits per heavy atom. The first-order valence-electron chi connectivity index (χ1n) is 6.77. The van der Waals surface area contributed by atoms with Crippen LogP contribution in [-0.2, 0) is 6.54 Å². The smallest absolute Gasteiger partial charge is 0.343 e. The molecule has 0 bridgehead atoms. The number of fused-ring (bicyclic) bond motifs is 1. The summed E-state index contributed by atoms with van der Waals surface area (Å²) < 4.78 is 7.03. The SMILES string of the molecule is CCn1nnc2cc(C(=O)Oc3ccccc3C#N)ccc21. The average molecular weight is 292 g/mol. The molecule has 22 heavy (non-hydrogen) atoms. The van der Waals surface area contributed by atoms with E-state index < -0.39 is 5.97 Å². The zero-order chi connectivity index (χ0) is 15.5. The Bertz CT molecular complexity index is 893. The minimum Gasteiger partial charge on any atom is -0.422 e. The van der Waals surface area contributed by atoms with Crippen LogP contribution in [0.2, 0.25) is 0 Å². The zero-order valence-corrected chi connectivity index (χ0v) is 11.9. The number of ether oxygens (including phenoxy) is 1. The summed E-state index contributed by atoms with van der Waals surface area (Å²) in [6.45, 7) is 2.67. The monoisotopic (exact) mass is 292 g/mol. The van der Waals surface area contributed by atoms with Crippen LogP contribution in [0.5, 0.6) is 5.75 Å². The van der Waals surface area contributed by atoms with E-state index in [-0.39, 0.29) is 5.75 Å². The van der Waals surface area contributed by atoms with Crippen LogP contribution >= 0.6 is 0 Å². The van der Waals surface area contributed by atoms with Crippen molar-refractivity contribution in [2.24, 2.45) is 0 Å². The average Bonchev–Trinajstić information content (AvgIpc) is 2.97. The summed E-state index contributed by atoms with van der Waals surface area (Å²) in [4.78, 5) is 12.2. The predicted molar refractivity (Wildman–Crippen MR) is 79.3 cm³/mol. The summed E-state index contributed by atoms with van der Waals surface area (Å²) in [5, 5.41) is 17.0. The highest BCUT2D eigenvalue weighted by Gasteiger charge is 2.13. The summed E-state index contributed by atoms with van der Waals surface area (Å²) >= 11 is 0. The van der Waals surface area contributed by atoms with Gasteiger partial charge in [-0.2, -0.15) is 5.26 Å². The Morgan fingerprint density at radius 2 is 2.14 bits per heavy atom. The van der Waals surface area contributed by atoms with Gasteiger partial charge in [-0.15, -0.1) is 5.10 Å². The van der Waals surface area contributed by atoms with Crippen molar-refractivity contribution in [3.8, 4) is 11.8 Å². The fraction of sp³-hybridized carbons (Fsp3) is 0.125. The van der Waals surface area contributed by atoms with E-state index in [2.05, 4.69) is 10.3 Å². The molecule has 0 saturated carbocycles. The predicted octanol–water partition coefficient (Wildman–Crippen LogP) is 2.54. The third kappa shape index (κ3) is 2.40. The Hall–Kier alpha value is -3.20. The number of nitriles is 1. The lowest BCUT2D eigenvalue weighted by Crippen LogP contribution is -2.09. The van der Waals surface area contributed by atoms with Crippen LogP contribution in [-0.4, -0.2) is 21.0 Å². The van der Waals surface area contributed by atoms with E-state index in [1.54, 1.807) is 47.1 Å². The summed E-state index contributed by atoms with van der Waals surface area (Å²) in [5.41, 5.74) is 2.17. The van der Waals surface area contributed by atoms with E-state index in [0.717, 1.165) is 5.52 Å². The molecule has 0 aliphatic carbocycles. The number of aromatic nitrogens is 3. The number of carbonyl (C=O) groups is 1. The number of nitrogens with zero attached hydrogens (tertiary/aromatic N) is 4. The molecule has 0 amide bonds. The molecule has 0 N–H and O–H groups in total. The van der Waals surface area contributed by atoms with Crippen LogP contribution in [0.15, 0.2) is 42.5 Å². The van der Waals surface area contributed by atoms with Crippen LogP contribution in [0.25, 0.3) is 11.0 Å². The van der Waals surface area contributed by atoms with Gasteiger partial charge in [0.25, 0.3) is 0 Å². The fourth-order valence-electron chi connectivity index (χ4n) is 2.14. The van der Waals surface area contributed by atoms with Crippen LogP contribution in [0.3, 0.4) is 0 Å². The molecule has 1 heterocycles. The Balaban J connectivity index is 1.91. The van der Waals surface area contributed by atoms with Gasteiger partial charge in [0, 0.05) is 6.54 Å². The van der Waals surface area contributed by atoms with Crippen molar-refractivity contribution in [1.29, 1.82) is 5.26 Å². The van der Waals surface area contributed by atoms with Crippen molar-refractivity contribution >= 4 is 17.0 Å². The van der Waals surface area contributed by atoms with Crippen molar-refractivity contribution in [1.82, 2.24) is 15.0 Å². The molecule has 6 nitrogen and oxygen atoms in total. The lowest BCUT2D eigenvalue weighted by molar-refractivity contribution is 0.0734. The topological polar surface area (TPSA) is 80.8 Å². The van der Waals surface area contributed by atoms with Gasteiger partial charge in [-0.05, 0) is 37.3 Å². The second-order valence-electron chi connectivity index (χ2n) is 4.61. The van der Waals surface area contributed by atoms with Crippen molar-refractivity contribution in [3.63, 3.8) is 0 Å². The van der Waals surface area contributed by atoms with Gasteiger partial charge < -0.3 is 4.74 Å². The lowest BCUT2D eigenvalue weighted by Gasteiger charge is -2.05. The number of hydrogen-bond acceptors (Lipinski definition) is 5. The van der Waals surface area contributed by atoms with E-state index in [9.17, 15) is 4.79 Å². The summed E-state index contributed by atoms with van der Waals surface area (Å²) in [6, 6.07) is 13.7. The Morgan fingerprint density at radius 1 is 1.32 bits per heavy atom. The van der Waals surface area contributed by atoms with Gasteiger partial charge in [-0.1, -0.05) is 17.3 Å². The van der Waals surface area contributed by atoms with Crippen LogP contribution in [0, 0.1) is 11.3 Å². The number of benzene rings is 2. The molecule has 0 spiro atoms. The number of aryl methyl sites for hydroxylation is 1. The molecule has 3 rings (SSSR count). The first kappa shape index (κ1) is 13.8. The normalized spacial score (nSPS) is 10.4. The van der Waals surface area contributed by atoms with Gasteiger partial charge >= 0.3 is 5.97 Å². The third-order valence-corrected chi connectivity index (χ3v) is 3.26. The standard InChI is InChI=1S/C16H12N4O2/c1-2-20-14-8-7-11(9-13(14)18-19-20)16(21)22-15-6-4-3-5-12(15)10-17/h3-9H,2H2,1H3. The van der Waals surface area contributed by atoms with Gasteiger partial charge in [0.15, 0.2) is 0 Å². The fourth-order valence-corrected chi connectivity index (χ4v) is 2.14. The highest BCUT2D eigenvalue weighted by Crippen LogP contribution is 2.19. The number of esters is 1. The summed E-state index contributed by atoms with van der Waals surface area (Å²) in [7, 11) is 0. The highest BCUT2D eigenvalue weighted by molar-refractivity contribution is 5.94. The maximum Gasteiger partial charge on any atom is 0.343 e. The molecule has 0 fully saturated rings. The minimum atomic E-state index is -0.532. The summed E-state index contributed by atoms with van der Waals surface area (Å²) in [6.07, 6.45) is 0. The van der Waals surface area contributed by atoms with Crippen LogP contribution in [0.4, 0.5) is 0 Å². The lowest BCUT2D eigenvalue weighted by atomic mass is 10.2. The van der Waals surface area contributed by atoms with Crippen molar-refractivity contribution in [2.45, 2.75) is 13.5 Å². The second-order valence-corrected chi connectivity index (χ2v) is 4.61. The third-order valence-electron chi connectivity index (χ3n) is 3.26. The Kier molecular flexibility index (Phi) is 3.54. The van der Waals surface area contributed by atoms with Crippen molar-refractivity contribution < 1.29 is 9.53 Å². The summed E-state index contributed by atoms with van der Waals surface area (Å²) in [5.74, 6) is -0.289. The van der Waals surface area contributed by atoms with Gasteiger partial charge in [-0.3, -0.25) is 0 Å². The van der Waals surface area contributed by atoms with Gasteiger partial charge in [0.05, 0.1) is 16.6 Å². The first-order chi connectivity index (χ1) is 10.7. The van der Waals surface area contributed by atoms with E-state index in [1.165, 1.54) is 0 Å². The van der Waals surface area contributed by atoms with Crippen LogP contribution < -0.4 is 4.74 Å². The zero-order valence-electron chi connectivity index (χ0n) is 11.9. The molecule has 0 radical (unpaired) electrons. The van der Waals surface area contributed by atoms with Gasteiger partial charge in [0.1, 0.15) is 17.3 Å². The molecular weight excluding hydrogens is 280 g/mol. The minimum absolute atomic E-state index is 0.243. The molecule has 6 heteroatoms. The van der Waals surface area contributed by atoms with Crippen molar-refractivity contribution in [3.05, 3.63) is 53.6 Å². The number of para-hydroxylation sites is 1. The number of hydrogen-bond donors (Lipinski definition) is 0. The highest BCUT2D eigenvalue weighted by atomic mass is 16.5. The molecule has 3 aromatic rings. The number of carbonyl (C=O) groups excluding carboxylic acids is 1. The van der Waals surface area contributed by atoms with Crippen molar-refractivity contribution in [2.75, 3.05) is 0 Å². The molecule has 0 unspecified atom stereocenters. The molecule has 108 valence electrons. The molecule has 0 atom stereocenters. The maximum absolute atomic E-state index is 12.2. The first-order valence-corrected chi connectivity index (χ1v) is 6.77. The van der Waals surface area contributed by atoms with E-state index in [0.29, 0.717) is 23.2 Å². The quantitative estimate of drug-likeness (QED) is 0.547. The van der Waals surface area contributed by atoms with Crippen LogP contribution in [0.1, 0.15) is 22.8 Å².